The molecule has 0 saturated heterocycles. The van der Waals surface area contributed by atoms with E-state index >= 15 is 0 Å². The summed E-state index contributed by atoms with van der Waals surface area (Å²) in [6.07, 6.45) is 1.25. The number of benzene rings is 1. The molecular weight excluding hydrogens is 306 g/mol. The van der Waals surface area contributed by atoms with Crippen LogP contribution in [0.15, 0.2) is 44.2 Å². The molecule has 0 amide bonds. The highest BCUT2D eigenvalue weighted by Crippen LogP contribution is 2.65. The fraction of sp³-hybridized carbons (Fsp3) is 0.538. The Morgan fingerprint density at radius 1 is 1.32 bits per heavy atom. The van der Waals surface area contributed by atoms with Gasteiger partial charge in [-0.1, -0.05) is 15.9 Å². The van der Waals surface area contributed by atoms with Gasteiger partial charge in [0.25, 0.3) is 0 Å². The summed E-state index contributed by atoms with van der Waals surface area (Å²) < 4.78 is 3.26. The second kappa shape index (κ2) is 3.23. The molecule has 2 fully saturated rings. The first-order chi connectivity index (χ1) is 9.29. The maximum Gasteiger partial charge on any atom is 0.175 e. The topological polar surface area (TPSA) is 52.1 Å². The van der Waals surface area contributed by atoms with E-state index in [9.17, 15) is 0 Å². The van der Waals surface area contributed by atoms with Gasteiger partial charge in [0.15, 0.2) is 12.1 Å². The van der Waals surface area contributed by atoms with Crippen molar-refractivity contribution in [2.75, 3.05) is 6.54 Å². The van der Waals surface area contributed by atoms with E-state index in [-0.39, 0.29) is 5.41 Å². The summed E-state index contributed by atoms with van der Waals surface area (Å²) in [5.41, 5.74) is 4.73. The standard InChI is InChI=1S/C13H12BrN5/c14-7-1-3-8(4-2-7)19-12-10(16-18-19)9-5-13(12)6-15-17-11(9)13/h1-4,9-12H,5-6H2/p+1. The second-order valence-electron chi connectivity index (χ2n) is 5.98. The summed E-state index contributed by atoms with van der Waals surface area (Å²) in [5, 5.41) is 13.3. The van der Waals surface area contributed by atoms with Crippen LogP contribution in [0, 0.1) is 11.3 Å². The second-order valence-corrected chi connectivity index (χ2v) is 6.90. The van der Waals surface area contributed by atoms with Gasteiger partial charge < -0.3 is 0 Å². The quantitative estimate of drug-likeness (QED) is 0.795. The summed E-state index contributed by atoms with van der Waals surface area (Å²) in [6, 6.07) is 9.66. The molecule has 5 nitrogen and oxygen atoms in total. The molecule has 5 atom stereocenters. The highest BCUT2D eigenvalue weighted by molar-refractivity contribution is 9.10. The molecule has 6 heteroatoms. The van der Waals surface area contributed by atoms with Gasteiger partial charge in [0, 0.05) is 10.4 Å². The molecule has 1 aromatic rings. The maximum absolute atomic E-state index is 4.54. The normalized spacial score (nSPS) is 44.4. The molecule has 5 rings (SSSR count). The highest BCUT2D eigenvalue weighted by Gasteiger charge is 2.78. The van der Waals surface area contributed by atoms with Crippen molar-refractivity contribution in [3.05, 3.63) is 28.7 Å². The third-order valence-corrected chi connectivity index (χ3v) is 5.77. The van der Waals surface area contributed by atoms with Crippen molar-refractivity contribution in [3.8, 4) is 0 Å². The van der Waals surface area contributed by atoms with Crippen LogP contribution in [0.5, 0.6) is 0 Å². The van der Waals surface area contributed by atoms with E-state index in [0.29, 0.717) is 24.0 Å². The number of fused-ring (bicyclic) bond motifs is 2. The van der Waals surface area contributed by atoms with Crippen molar-refractivity contribution in [1.82, 2.24) is 5.43 Å². The lowest BCUT2D eigenvalue weighted by molar-refractivity contribution is -0.552. The first-order valence-electron chi connectivity index (χ1n) is 6.67. The molecule has 0 spiro atoms. The zero-order chi connectivity index (χ0) is 12.6. The fourth-order valence-electron chi connectivity index (χ4n) is 4.43. The van der Waals surface area contributed by atoms with Gasteiger partial charge in [0.2, 0.25) is 0 Å². The van der Waals surface area contributed by atoms with Gasteiger partial charge in [-0.25, -0.2) is 0 Å². The van der Waals surface area contributed by atoms with Crippen LogP contribution in [0.4, 0.5) is 5.69 Å². The number of halogens is 1. The molecule has 2 heterocycles. The number of nitrogens with one attached hydrogen (secondary N) is 1. The third-order valence-electron chi connectivity index (χ3n) is 5.24. The SMILES string of the molecule is Brc1ccc([N+]2=NNC3C4CC5(CN=NC45)C32)cc1. The molecule has 2 aliphatic heterocycles. The maximum atomic E-state index is 4.54. The first-order valence-corrected chi connectivity index (χ1v) is 7.46. The summed E-state index contributed by atoms with van der Waals surface area (Å²) >= 11 is 3.48. The van der Waals surface area contributed by atoms with E-state index < -0.39 is 0 Å². The van der Waals surface area contributed by atoms with Crippen LogP contribution in [-0.4, -0.2) is 29.4 Å². The van der Waals surface area contributed by atoms with E-state index in [1.807, 2.05) is 0 Å². The van der Waals surface area contributed by atoms with Crippen molar-refractivity contribution < 1.29 is 4.70 Å². The Hall–Kier alpha value is -1.30. The van der Waals surface area contributed by atoms with Crippen LogP contribution in [0.25, 0.3) is 0 Å². The largest absolute Gasteiger partial charge is 0.193 e. The zero-order valence-corrected chi connectivity index (χ0v) is 11.8. The van der Waals surface area contributed by atoms with Gasteiger partial charge in [0.05, 0.1) is 23.2 Å². The van der Waals surface area contributed by atoms with E-state index in [0.717, 1.165) is 16.7 Å². The minimum Gasteiger partial charge on any atom is -0.193 e. The van der Waals surface area contributed by atoms with Gasteiger partial charge in [-0.2, -0.15) is 15.7 Å². The summed E-state index contributed by atoms with van der Waals surface area (Å²) in [6.45, 7) is 0.875. The molecule has 2 aliphatic carbocycles. The van der Waals surface area contributed by atoms with Crippen LogP contribution >= 0.6 is 15.9 Å². The van der Waals surface area contributed by atoms with Gasteiger partial charge in [-0.3, -0.25) is 0 Å². The van der Waals surface area contributed by atoms with Crippen LogP contribution in [-0.2, 0) is 0 Å². The summed E-state index contributed by atoms with van der Waals surface area (Å²) in [5.74, 6) is 0.625. The van der Waals surface area contributed by atoms with Crippen molar-refractivity contribution in [3.63, 3.8) is 0 Å². The number of azo groups is 1. The van der Waals surface area contributed by atoms with Crippen molar-refractivity contribution in [2.24, 2.45) is 26.8 Å². The van der Waals surface area contributed by atoms with Crippen LogP contribution in [0.3, 0.4) is 0 Å². The van der Waals surface area contributed by atoms with Crippen LogP contribution < -0.4 is 5.43 Å². The number of hydrogen-bond donors (Lipinski definition) is 1. The third kappa shape index (κ3) is 1.08. The molecular formula is C13H13BrN5+. The molecule has 5 unspecified atom stereocenters. The minimum atomic E-state index is 0.245. The molecule has 2 saturated carbocycles. The molecule has 2 bridgehead atoms. The van der Waals surface area contributed by atoms with Crippen molar-refractivity contribution in [2.45, 2.75) is 24.5 Å². The lowest BCUT2D eigenvalue weighted by atomic mass is 9.65. The Morgan fingerprint density at radius 2 is 2.16 bits per heavy atom. The monoisotopic (exact) mass is 318 g/mol. The molecule has 0 radical (unpaired) electrons. The molecule has 0 aromatic heterocycles. The van der Waals surface area contributed by atoms with Crippen LogP contribution in [0.1, 0.15) is 6.42 Å². The van der Waals surface area contributed by atoms with Crippen LogP contribution in [0.2, 0.25) is 0 Å². The van der Waals surface area contributed by atoms with Crippen molar-refractivity contribution in [1.29, 1.82) is 0 Å². The average Bonchev–Trinajstić information content (AvgIpc) is 3.06. The van der Waals surface area contributed by atoms with Gasteiger partial charge in [-0.05, 0) is 30.7 Å². The molecule has 19 heavy (non-hydrogen) atoms. The summed E-state index contributed by atoms with van der Waals surface area (Å²) in [7, 11) is 0. The van der Waals surface area contributed by atoms with Gasteiger partial charge in [0.1, 0.15) is 5.69 Å². The Balaban J connectivity index is 1.58. The van der Waals surface area contributed by atoms with E-state index in [1.165, 1.54) is 6.42 Å². The number of hydrogen-bond acceptors (Lipinski definition) is 4. The first kappa shape index (κ1) is 10.5. The van der Waals surface area contributed by atoms with E-state index in [1.54, 1.807) is 0 Å². The minimum absolute atomic E-state index is 0.245. The zero-order valence-electron chi connectivity index (χ0n) is 10.2. The predicted octanol–water partition coefficient (Wildman–Crippen LogP) is 2.66. The smallest absolute Gasteiger partial charge is 0.175 e. The lowest BCUT2D eigenvalue weighted by Crippen LogP contribution is -2.49. The molecule has 96 valence electrons. The van der Waals surface area contributed by atoms with E-state index in [2.05, 4.69) is 65.8 Å². The lowest BCUT2D eigenvalue weighted by Gasteiger charge is -2.39. The van der Waals surface area contributed by atoms with Crippen molar-refractivity contribution >= 4 is 21.6 Å². The van der Waals surface area contributed by atoms with Gasteiger partial charge >= 0.3 is 0 Å². The summed E-state index contributed by atoms with van der Waals surface area (Å²) in [4.78, 5) is 0. The number of rotatable bonds is 1. The Labute approximate surface area is 118 Å². The number of nitrogens with zero attached hydrogens (tertiary/aromatic N) is 4. The predicted molar refractivity (Wildman–Crippen MR) is 71.3 cm³/mol. The van der Waals surface area contributed by atoms with Gasteiger partial charge in [-0.15, -0.1) is 4.70 Å². The fourth-order valence-corrected chi connectivity index (χ4v) is 4.69. The molecule has 4 aliphatic rings. The Morgan fingerprint density at radius 3 is 3.00 bits per heavy atom. The molecule has 1 aromatic carbocycles. The Bertz CT molecular complexity index is 624. The molecule has 1 N–H and O–H groups in total. The highest BCUT2D eigenvalue weighted by atomic mass is 79.9. The Kier molecular flexibility index (Phi) is 1.78. The van der Waals surface area contributed by atoms with E-state index in [4.69, 9.17) is 0 Å². The average molecular weight is 319 g/mol.